The first kappa shape index (κ1) is 17.0. The maximum absolute atomic E-state index is 11.8. The van der Waals surface area contributed by atoms with Gasteiger partial charge in [-0.3, -0.25) is 4.79 Å². The lowest BCUT2D eigenvalue weighted by Crippen LogP contribution is -2.28. The largest absolute Gasteiger partial charge is 0.494 e. The second-order valence-electron chi connectivity index (χ2n) is 5.58. The first-order valence-electron chi connectivity index (χ1n) is 8.02. The molecule has 132 valence electrons. The predicted molar refractivity (Wildman–Crippen MR) is 91.1 cm³/mol. The summed E-state index contributed by atoms with van der Waals surface area (Å²) in [5, 5.41) is 14.2. The van der Waals surface area contributed by atoms with Gasteiger partial charge in [-0.05, 0) is 38.1 Å². The highest BCUT2D eigenvalue weighted by atomic mass is 16.5. The van der Waals surface area contributed by atoms with Crippen molar-refractivity contribution in [1.29, 1.82) is 0 Å². The molecule has 0 spiro atoms. The van der Waals surface area contributed by atoms with Crippen LogP contribution in [0.3, 0.4) is 0 Å². The van der Waals surface area contributed by atoms with Crippen LogP contribution in [0.25, 0.3) is 5.78 Å². The van der Waals surface area contributed by atoms with Crippen molar-refractivity contribution in [1.82, 2.24) is 19.2 Å². The highest BCUT2D eigenvalue weighted by molar-refractivity contribution is 5.31. The average Bonchev–Trinajstić information content (AvgIpc) is 3.08. The lowest BCUT2D eigenvalue weighted by molar-refractivity contribution is 0.0924. The monoisotopic (exact) mass is 344 g/mol. The molecule has 0 saturated carbocycles. The number of ether oxygens (including phenoxy) is 2. The lowest BCUT2D eigenvalue weighted by Gasteiger charge is -2.17. The minimum absolute atomic E-state index is 0.111. The molecule has 1 N–H and O–H groups in total. The molecule has 0 aliphatic rings. The van der Waals surface area contributed by atoms with Gasteiger partial charge in [0, 0.05) is 11.8 Å². The number of aliphatic hydroxyl groups excluding tert-OH is 1. The molecule has 8 heteroatoms. The molecule has 1 unspecified atom stereocenters. The molecule has 0 fully saturated rings. The van der Waals surface area contributed by atoms with Gasteiger partial charge in [-0.15, -0.1) is 0 Å². The summed E-state index contributed by atoms with van der Waals surface area (Å²) in [6, 6.07) is 8.67. The molecule has 0 amide bonds. The van der Waals surface area contributed by atoms with E-state index in [1.165, 1.54) is 16.9 Å². The molecule has 0 aliphatic heterocycles. The number of aryl methyl sites for hydroxylation is 1. The molecule has 0 radical (unpaired) electrons. The smallest absolute Gasteiger partial charge is 0.275 e. The molecular weight excluding hydrogens is 324 g/mol. The second kappa shape index (κ2) is 7.35. The Morgan fingerprint density at radius 3 is 2.56 bits per heavy atom. The van der Waals surface area contributed by atoms with Crippen molar-refractivity contribution < 1.29 is 14.6 Å². The van der Waals surface area contributed by atoms with E-state index in [0.717, 1.165) is 5.75 Å². The Balaban J connectivity index is 1.66. The van der Waals surface area contributed by atoms with Crippen LogP contribution in [-0.2, 0) is 6.54 Å². The third-order valence-corrected chi connectivity index (χ3v) is 3.71. The van der Waals surface area contributed by atoms with E-state index < -0.39 is 6.10 Å². The van der Waals surface area contributed by atoms with Gasteiger partial charge >= 0.3 is 0 Å². The fourth-order valence-electron chi connectivity index (χ4n) is 2.53. The summed E-state index contributed by atoms with van der Waals surface area (Å²) >= 11 is 0. The van der Waals surface area contributed by atoms with E-state index in [2.05, 4.69) is 10.1 Å². The first-order valence-corrected chi connectivity index (χ1v) is 8.02. The van der Waals surface area contributed by atoms with E-state index in [0.29, 0.717) is 23.8 Å². The Morgan fingerprint density at radius 2 is 1.88 bits per heavy atom. The predicted octanol–water partition coefficient (Wildman–Crippen LogP) is 1.04. The number of nitrogens with zero attached hydrogens (tertiary/aromatic N) is 4. The summed E-state index contributed by atoms with van der Waals surface area (Å²) in [4.78, 5) is 15.9. The van der Waals surface area contributed by atoms with Crippen molar-refractivity contribution in [3.63, 3.8) is 0 Å². The van der Waals surface area contributed by atoms with E-state index in [1.807, 2.05) is 19.1 Å². The van der Waals surface area contributed by atoms with Gasteiger partial charge in [-0.1, -0.05) is 0 Å². The maximum Gasteiger partial charge on any atom is 0.275 e. The highest BCUT2D eigenvalue weighted by Gasteiger charge is 2.13. The number of aromatic nitrogens is 4. The molecule has 25 heavy (non-hydrogen) atoms. The molecule has 3 aromatic rings. The minimum Gasteiger partial charge on any atom is -0.494 e. The Bertz CT molecular complexity index is 901. The van der Waals surface area contributed by atoms with Crippen LogP contribution in [0.2, 0.25) is 0 Å². The van der Waals surface area contributed by atoms with Crippen LogP contribution < -0.4 is 15.0 Å². The molecule has 1 atom stereocenters. The number of benzene rings is 1. The van der Waals surface area contributed by atoms with Crippen LogP contribution in [0.15, 0.2) is 41.5 Å². The first-order chi connectivity index (χ1) is 12.1. The van der Waals surface area contributed by atoms with E-state index >= 15 is 0 Å². The van der Waals surface area contributed by atoms with Gasteiger partial charge in [0.2, 0.25) is 5.78 Å². The van der Waals surface area contributed by atoms with Gasteiger partial charge in [-0.25, -0.2) is 0 Å². The van der Waals surface area contributed by atoms with Crippen molar-refractivity contribution in [3.8, 4) is 11.5 Å². The lowest BCUT2D eigenvalue weighted by atomic mass is 10.3. The molecule has 2 aromatic heterocycles. The SMILES string of the molecule is CCOc1ccc(OCC(O)Cn2c(C)cc(=O)n3ncnc23)cc1. The van der Waals surface area contributed by atoms with Crippen molar-refractivity contribution in [3.05, 3.63) is 52.7 Å². The summed E-state index contributed by atoms with van der Waals surface area (Å²) in [7, 11) is 0. The Labute approximate surface area is 144 Å². The van der Waals surface area contributed by atoms with Crippen molar-refractivity contribution >= 4 is 5.78 Å². The van der Waals surface area contributed by atoms with Gasteiger partial charge in [-0.2, -0.15) is 14.6 Å². The summed E-state index contributed by atoms with van der Waals surface area (Å²) < 4.78 is 13.9. The van der Waals surface area contributed by atoms with Gasteiger partial charge < -0.3 is 19.1 Å². The zero-order valence-corrected chi connectivity index (χ0v) is 14.1. The standard InChI is InChI=1S/C17H20N4O4/c1-3-24-14-4-6-15(7-5-14)25-10-13(22)9-20-12(2)8-16(23)21-17(20)18-11-19-21/h4-8,11,13,22H,3,9-10H2,1-2H3. The summed E-state index contributed by atoms with van der Waals surface area (Å²) in [6.07, 6.45) is 0.545. The molecular formula is C17H20N4O4. The number of aliphatic hydroxyl groups is 1. The molecule has 8 nitrogen and oxygen atoms in total. The fraction of sp³-hybridized carbons (Fsp3) is 0.353. The van der Waals surface area contributed by atoms with Crippen LogP contribution >= 0.6 is 0 Å². The molecule has 2 heterocycles. The van der Waals surface area contributed by atoms with E-state index in [9.17, 15) is 9.90 Å². The normalized spacial score (nSPS) is 12.3. The van der Waals surface area contributed by atoms with Gasteiger partial charge in [0.15, 0.2) is 0 Å². The summed E-state index contributed by atoms with van der Waals surface area (Å²) in [6.45, 7) is 4.67. The summed E-state index contributed by atoms with van der Waals surface area (Å²) in [5.74, 6) is 1.81. The average molecular weight is 344 g/mol. The fourth-order valence-corrected chi connectivity index (χ4v) is 2.53. The van der Waals surface area contributed by atoms with Crippen molar-refractivity contribution in [2.75, 3.05) is 13.2 Å². The molecule has 3 rings (SSSR count). The third kappa shape index (κ3) is 3.80. The number of rotatable bonds is 7. The Morgan fingerprint density at radius 1 is 1.20 bits per heavy atom. The quantitative estimate of drug-likeness (QED) is 0.689. The molecule has 0 aliphatic carbocycles. The number of fused-ring (bicyclic) bond motifs is 1. The highest BCUT2D eigenvalue weighted by Crippen LogP contribution is 2.17. The van der Waals surface area contributed by atoms with E-state index in [4.69, 9.17) is 9.47 Å². The topological polar surface area (TPSA) is 90.9 Å². The van der Waals surface area contributed by atoms with E-state index in [-0.39, 0.29) is 18.7 Å². The summed E-state index contributed by atoms with van der Waals surface area (Å²) in [5.41, 5.74) is 0.451. The van der Waals surface area contributed by atoms with Gasteiger partial charge in [0.05, 0.1) is 13.2 Å². The minimum atomic E-state index is -0.770. The van der Waals surface area contributed by atoms with E-state index in [1.54, 1.807) is 23.6 Å². The van der Waals surface area contributed by atoms with Crippen LogP contribution in [0.4, 0.5) is 0 Å². The molecule has 1 aromatic carbocycles. The van der Waals surface area contributed by atoms with Crippen molar-refractivity contribution in [2.45, 2.75) is 26.5 Å². The molecule has 0 saturated heterocycles. The Hall–Kier alpha value is -2.87. The second-order valence-corrected chi connectivity index (χ2v) is 5.58. The zero-order valence-electron chi connectivity index (χ0n) is 14.1. The van der Waals surface area contributed by atoms with Crippen LogP contribution in [-0.4, -0.2) is 43.6 Å². The van der Waals surface area contributed by atoms with Crippen LogP contribution in [0.1, 0.15) is 12.6 Å². The van der Waals surface area contributed by atoms with Crippen LogP contribution in [0.5, 0.6) is 11.5 Å². The zero-order chi connectivity index (χ0) is 17.8. The number of hydrogen-bond donors (Lipinski definition) is 1. The Kier molecular flexibility index (Phi) is 4.99. The van der Waals surface area contributed by atoms with Gasteiger partial charge in [0.1, 0.15) is 30.5 Å². The third-order valence-electron chi connectivity index (χ3n) is 3.71. The molecule has 0 bridgehead atoms. The van der Waals surface area contributed by atoms with Gasteiger partial charge in [0.25, 0.3) is 5.56 Å². The maximum atomic E-state index is 11.8. The van der Waals surface area contributed by atoms with Crippen LogP contribution in [0, 0.1) is 6.92 Å². The number of hydrogen-bond acceptors (Lipinski definition) is 6. The van der Waals surface area contributed by atoms with Crippen molar-refractivity contribution in [2.24, 2.45) is 0 Å².